The van der Waals surface area contributed by atoms with Crippen molar-refractivity contribution in [1.82, 2.24) is 20.3 Å². The molecule has 0 spiro atoms. The molecule has 0 radical (unpaired) electrons. The lowest BCUT2D eigenvalue weighted by Crippen LogP contribution is -1.77. The highest BCUT2D eigenvalue weighted by atomic mass is 16.5. The van der Waals surface area contributed by atoms with Crippen LogP contribution in [0.4, 0.5) is 0 Å². The second-order valence-electron chi connectivity index (χ2n) is 3.82. The molecule has 0 aliphatic carbocycles. The van der Waals surface area contributed by atoms with Gasteiger partial charge in [-0.15, -0.1) is 5.10 Å². The summed E-state index contributed by atoms with van der Waals surface area (Å²) in [5, 5.41) is 8.17. The van der Waals surface area contributed by atoms with E-state index in [9.17, 15) is 0 Å². The van der Waals surface area contributed by atoms with Crippen molar-refractivity contribution in [3.05, 3.63) is 61.1 Å². The van der Waals surface area contributed by atoms with Gasteiger partial charge in [0.05, 0.1) is 5.52 Å². The fourth-order valence-electron chi connectivity index (χ4n) is 1.65. The summed E-state index contributed by atoms with van der Waals surface area (Å²) < 4.78 is 4.76. The molecule has 0 fully saturated rings. The van der Waals surface area contributed by atoms with Gasteiger partial charge in [0.1, 0.15) is 11.8 Å². The van der Waals surface area contributed by atoms with Gasteiger partial charge >= 0.3 is 0 Å². The summed E-state index contributed by atoms with van der Waals surface area (Å²) in [6.07, 6.45) is 3.37. The molecule has 0 amide bonds. The number of fused-ring (bicyclic) bond motifs is 2. The number of hydrogen-bond donors (Lipinski definition) is 0. The molecule has 0 bridgehead atoms. The number of benzene rings is 2. The van der Waals surface area contributed by atoms with Crippen molar-refractivity contribution < 1.29 is 4.52 Å². The number of hydrogen-bond acceptors (Lipinski definition) is 5. The van der Waals surface area contributed by atoms with E-state index < -0.39 is 0 Å². The van der Waals surface area contributed by atoms with Gasteiger partial charge in [-0.2, -0.15) is 0 Å². The third-order valence-electron chi connectivity index (χ3n) is 2.57. The summed E-state index contributed by atoms with van der Waals surface area (Å²) in [5.41, 5.74) is 2.53. The minimum absolute atomic E-state index is 0.734. The van der Waals surface area contributed by atoms with Crippen LogP contribution in [0.2, 0.25) is 0 Å². The standard InChI is InChI=1S/C8H6N2.C6H4N2O/c1-2-4-8-7(3-1)5-9-6-10-8;1-2-4-6-5(3-1)7-8-9-6/h1-6H;1-4H. The van der Waals surface area contributed by atoms with E-state index in [0.29, 0.717) is 0 Å². The van der Waals surface area contributed by atoms with Gasteiger partial charge in [-0.25, -0.2) is 9.97 Å². The molecule has 2 aromatic carbocycles. The van der Waals surface area contributed by atoms with Gasteiger partial charge in [-0.05, 0) is 18.2 Å². The van der Waals surface area contributed by atoms with E-state index in [1.165, 1.54) is 0 Å². The minimum atomic E-state index is 0.734. The van der Waals surface area contributed by atoms with Crippen molar-refractivity contribution in [3.63, 3.8) is 0 Å². The average molecular weight is 250 g/mol. The molecule has 2 aromatic heterocycles. The number of aromatic nitrogens is 4. The first kappa shape index (κ1) is 11.3. The van der Waals surface area contributed by atoms with Crippen LogP contribution in [0.15, 0.2) is 65.6 Å². The van der Waals surface area contributed by atoms with Gasteiger partial charge in [0.2, 0.25) is 0 Å². The molecule has 4 rings (SSSR count). The molecule has 0 aliphatic rings. The number of nitrogens with zero attached hydrogens (tertiary/aromatic N) is 4. The summed E-state index contributed by atoms with van der Waals surface area (Å²) in [4.78, 5) is 7.97. The predicted octanol–water partition coefficient (Wildman–Crippen LogP) is 2.85. The molecule has 5 heteroatoms. The second kappa shape index (κ2) is 5.22. The van der Waals surface area contributed by atoms with E-state index in [1.807, 2.05) is 54.7 Å². The summed E-state index contributed by atoms with van der Waals surface area (Å²) in [5.74, 6) is 0. The summed E-state index contributed by atoms with van der Waals surface area (Å²) >= 11 is 0. The van der Waals surface area contributed by atoms with Crippen LogP contribution in [0.3, 0.4) is 0 Å². The van der Waals surface area contributed by atoms with Gasteiger partial charge < -0.3 is 4.52 Å². The van der Waals surface area contributed by atoms with E-state index in [1.54, 1.807) is 6.33 Å². The summed E-state index contributed by atoms with van der Waals surface area (Å²) in [7, 11) is 0. The average Bonchev–Trinajstić information content (AvgIpc) is 2.96. The molecule has 92 valence electrons. The van der Waals surface area contributed by atoms with Crippen molar-refractivity contribution in [1.29, 1.82) is 0 Å². The van der Waals surface area contributed by atoms with Gasteiger partial charge in [-0.1, -0.05) is 30.3 Å². The van der Waals surface area contributed by atoms with Crippen LogP contribution in [-0.4, -0.2) is 20.3 Å². The Bertz CT molecular complexity index is 702. The molecule has 0 aliphatic heterocycles. The molecule has 2 heterocycles. The van der Waals surface area contributed by atoms with Crippen LogP contribution in [-0.2, 0) is 0 Å². The Balaban J connectivity index is 0.000000117. The zero-order chi connectivity index (χ0) is 12.9. The molecule has 0 saturated heterocycles. The molecule has 0 unspecified atom stereocenters. The first-order valence-electron chi connectivity index (χ1n) is 5.75. The molecule has 4 aromatic rings. The number of rotatable bonds is 0. The Labute approximate surface area is 108 Å². The SMILES string of the molecule is c1ccc2ncncc2c1.c1ccc2onnc2c1. The lowest BCUT2D eigenvalue weighted by atomic mass is 10.2. The second-order valence-corrected chi connectivity index (χ2v) is 3.82. The lowest BCUT2D eigenvalue weighted by Gasteiger charge is -1.90. The highest BCUT2D eigenvalue weighted by Gasteiger charge is 1.93. The Morgan fingerprint density at radius 3 is 2.47 bits per heavy atom. The zero-order valence-electron chi connectivity index (χ0n) is 9.97. The minimum Gasteiger partial charge on any atom is -0.337 e. The van der Waals surface area contributed by atoms with Gasteiger partial charge in [0.25, 0.3) is 0 Å². The first-order chi connectivity index (χ1) is 9.43. The maximum absolute atomic E-state index is 4.76. The molecule has 5 nitrogen and oxygen atoms in total. The summed E-state index contributed by atoms with van der Waals surface area (Å²) in [6, 6.07) is 15.4. The summed E-state index contributed by atoms with van der Waals surface area (Å²) in [6.45, 7) is 0. The van der Waals surface area contributed by atoms with Crippen LogP contribution in [0.5, 0.6) is 0 Å². The van der Waals surface area contributed by atoms with Gasteiger partial charge in [0.15, 0.2) is 5.58 Å². The Hall–Kier alpha value is -2.82. The van der Waals surface area contributed by atoms with Gasteiger partial charge in [-0.3, -0.25) is 0 Å². The van der Waals surface area contributed by atoms with Crippen LogP contribution in [0.1, 0.15) is 0 Å². The highest BCUT2D eigenvalue weighted by Crippen LogP contribution is 2.07. The maximum atomic E-state index is 4.76. The lowest BCUT2D eigenvalue weighted by molar-refractivity contribution is 0.424. The monoisotopic (exact) mass is 250 g/mol. The smallest absolute Gasteiger partial charge is 0.187 e. The highest BCUT2D eigenvalue weighted by molar-refractivity contribution is 5.76. The van der Waals surface area contributed by atoms with Crippen molar-refractivity contribution in [3.8, 4) is 0 Å². The molecule has 19 heavy (non-hydrogen) atoms. The normalized spacial score (nSPS) is 10.1. The van der Waals surface area contributed by atoms with E-state index in [2.05, 4.69) is 20.3 Å². The fraction of sp³-hybridized carbons (Fsp3) is 0. The fourth-order valence-corrected chi connectivity index (χ4v) is 1.65. The van der Waals surface area contributed by atoms with Crippen LogP contribution < -0.4 is 0 Å². The van der Waals surface area contributed by atoms with E-state index in [0.717, 1.165) is 22.0 Å². The predicted molar refractivity (Wildman–Crippen MR) is 71.3 cm³/mol. The Morgan fingerprint density at radius 2 is 1.63 bits per heavy atom. The van der Waals surface area contributed by atoms with E-state index >= 15 is 0 Å². The number of para-hydroxylation sites is 2. The molecular formula is C14H10N4O. The molecule has 0 atom stereocenters. The quantitative estimate of drug-likeness (QED) is 0.480. The van der Waals surface area contributed by atoms with Crippen molar-refractivity contribution in [2.75, 3.05) is 0 Å². The topological polar surface area (TPSA) is 64.7 Å². The molecule has 0 saturated carbocycles. The van der Waals surface area contributed by atoms with Crippen LogP contribution >= 0.6 is 0 Å². The van der Waals surface area contributed by atoms with Gasteiger partial charge in [0, 0.05) is 16.9 Å². The molecule has 0 N–H and O–H groups in total. The van der Waals surface area contributed by atoms with E-state index in [-0.39, 0.29) is 0 Å². The zero-order valence-corrected chi connectivity index (χ0v) is 9.97. The third kappa shape index (κ3) is 2.55. The van der Waals surface area contributed by atoms with E-state index in [4.69, 9.17) is 4.52 Å². The Kier molecular flexibility index (Phi) is 3.10. The Morgan fingerprint density at radius 1 is 0.842 bits per heavy atom. The largest absolute Gasteiger partial charge is 0.337 e. The third-order valence-corrected chi connectivity index (χ3v) is 2.57. The van der Waals surface area contributed by atoms with Crippen molar-refractivity contribution in [2.45, 2.75) is 0 Å². The van der Waals surface area contributed by atoms with Crippen molar-refractivity contribution >= 4 is 22.0 Å². The molecular weight excluding hydrogens is 240 g/mol. The van der Waals surface area contributed by atoms with Crippen LogP contribution in [0.25, 0.3) is 22.0 Å². The van der Waals surface area contributed by atoms with Crippen molar-refractivity contribution in [2.24, 2.45) is 0 Å². The maximum Gasteiger partial charge on any atom is 0.187 e. The van der Waals surface area contributed by atoms with Crippen LogP contribution in [0, 0.1) is 0 Å². The first-order valence-corrected chi connectivity index (χ1v) is 5.75.